The van der Waals surface area contributed by atoms with E-state index < -0.39 is 6.04 Å². The molecule has 1 aromatic rings. The molecule has 70 valence electrons. The maximum atomic E-state index is 12.5. The van der Waals surface area contributed by atoms with Gasteiger partial charge < -0.3 is 5.73 Å². The van der Waals surface area contributed by atoms with E-state index in [0.29, 0.717) is 6.42 Å². The third-order valence-electron chi connectivity index (χ3n) is 1.69. The van der Waals surface area contributed by atoms with Crippen LogP contribution < -0.4 is 5.73 Å². The van der Waals surface area contributed by atoms with Crippen LogP contribution in [-0.2, 0) is 11.2 Å². The summed E-state index contributed by atoms with van der Waals surface area (Å²) in [5.74, 6) is -0.297. The second-order valence-corrected chi connectivity index (χ2v) is 3.22. The quantitative estimate of drug-likeness (QED) is 0.717. The fourth-order valence-corrected chi connectivity index (χ4v) is 1.05. The van der Waals surface area contributed by atoms with Crippen molar-refractivity contribution in [3.8, 4) is 0 Å². The van der Waals surface area contributed by atoms with Gasteiger partial charge in [-0.05, 0) is 24.1 Å². The van der Waals surface area contributed by atoms with E-state index in [4.69, 9.17) is 5.73 Å². The van der Waals surface area contributed by atoms with Crippen molar-refractivity contribution < 1.29 is 9.18 Å². The van der Waals surface area contributed by atoms with Crippen molar-refractivity contribution >= 4 is 17.7 Å². The molecule has 0 saturated heterocycles. The van der Waals surface area contributed by atoms with Gasteiger partial charge in [-0.1, -0.05) is 12.1 Å². The Morgan fingerprint density at radius 3 is 2.46 bits per heavy atom. The molecule has 0 saturated carbocycles. The number of hydrogen-bond donors (Lipinski definition) is 2. The van der Waals surface area contributed by atoms with Crippen molar-refractivity contribution in [2.45, 2.75) is 12.5 Å². The summed E-state index contributed by atoms with van der Waals surface area (Å²) in [7, 11) is 0. The second kappa shape index (κ2) is 4.39. The zero-order chi connectivity index (χ0) is 9.84. The van der Waals surface area contributed by atoms with Gasteiger partial charge in [0.1, 0.15) is 5.82 Å². The molecule has 2 N–H and O–H groups in total. The van der Waals surface area contributed by atoms with Gasteiger partial charge in [-0.2, -0.15) is 0 Å². The van der Waals surface area contributed by atoms with Crippen LogP contribution >= 0.6 is 12.6 Å². The number of halogens is 1. The first-order valence-electron chi connectivity index (χ1n) is 3.82. The first kappa shape index (κ1) is 10.2. The fourth-order valence-electron chi connectivity index (χ4n) is 0.962. The molecule has 0 bridgehead atoms. The van der Waals surface area contributed by atoms with E-state index in [1.807, 2.05) is 0 Å². The number of hydrogen-bond acceptors (Lipinski definition) is 2. The molecule has 0 aliphatic carbocycles. The van der Waals surface area contributed by atoms with Crippen LogP contribution in [0.1, 0.15) is 5.56 Å². The number of benzene rings is 1. The molecule has 0 aliphatic heterocycles. The van der Waals surface area contributed by atoms with Gasteiger partial charge in [0.2, 0.25) is 5.12 Å². The van der Waals surface area contributed by atoms with E-state index in [0.717, 1.165) is 5.56 Å². The second-order valence-electron chi connectivity index (χ2n) is 2.78. The lowest BCUT2D eigenvalue weighted by Gasteiger charge is -2.06. The molecule has 4 heteroatoms. The molecule has 1 rings (SSSR count). The Bertz CT molecular complexity index is 299. The smallest absolute Gasteiger partial charge is 0.202 e. The summed E-state index contributed by atoms with van der Waals surface area (Å²) in [5.41, 5.74) is 6.30. The molecule has 0 amide bonds. The largest absolute Gasteiger partial charge is 0.320 e. The van der Waals surface area contributed by atoms with E-state index in [2.05, 4.69) is 12.6 Å². The summed E-state index contributed by atoms with van der Waals surface area (Å²) in [6, 6.07) is 5.27. The van der Waals surface area contributed by atoms with Gasteiger partial charge in [0.05, 0.1) is 6.04 Å². The van der Waals surface area contributed by atoms with E-state index in [9.17, 15) is 9.18 Å². The average Bonchev–Trinajstić information content (AvgIpc) is 2.08. The van der Waals surface area contributed by atoms with Crippen LogP contribution in [0.2, 0.25) is 0 Å². The molecule has 1 aromatic carbocycles. The Morgan fingerprint density at radius 2 is 2.00 bits per heavy atom. The molecule has 0 heterocycles. The summed E-state index contributed by atoms with van der Waals surface area (Å²) in [6.45, 7) is 0. The minimum Gasteiger partial charge on any atom is -0.320 e. The number of nitrogens with two attached hydrogens (primary N) is 1. The predicted octanol–water partition coefficient (Wildman–Crippen LogP) is 1.15. The predicted molar refractivity (Wildman–Crippen MR) is 52.1 cm³/mol. The normalized spacial score (nSPS) is 12.5. The molecule has 2 nitrogen and oxygen atoms in total. The highest BCUT2D eigenvalue weighted by molar-refractivity contribution is 7.96. The van der Waals surface area contributed by atoms with Gasteiger partial charge >= 0.3 is 0 Å². The summed E-state index contributed by atoms with van der Waals surface area (Å²) in [5, 5.41) is -0.357. The van der Waals surface area contributed by atoms with Gasteiger partial charge in [-0.25, -0.2) is 4.39 Å². The van der Waals surface area contributed by atoms with Gasteiger partial charge in [0, 0.05) is 0 Å². The van der Waals surface area contributed by atoms with Crippen LogP contribution in [0.3, 0.4) is 0 Å². The van der Waals surface area contributed by atoms with Crippen LogP contribution in [0.25, 0.3) is 0 Å². The van der Waals surface area contributed by atoms with Crippen molar-refractivity contribution in [2.24, 2.45) is 5.73 Å². The Morgan fingerprint density at radius 1 is 1.46 bits per heavy atom. The van der Waals surface area contributed by atoms with Crippen molar-refractivity contribution in [1.29, 1.82) is 0 Å². The minimum absolute atomic E-state index is 0.297. The number of rotatable bonds is 3. The number of carbonyl (C=O) groups excluding carboxylic acids is 1. The van der Waals surface area contributed by atoms with Gasteiger partial charge in [-0.15, -0.1) is 12.6 Å². The minimum atomic E-state index is -0.617. The lowest BCUT2D eigenvalue weighted by atomic mass is 10.1. The fraction of sp³-hybridized carbons (Fsp3) is 0.222. The summed E-state index contributed by atoms with van der Waals surface area (Å²) in [4.78, 5) is 10.7. The molecule has 0 fully saturated rings. The molecular formula is C9H10FNOS. The first-order chi connectivity index (χ1) is 6.09. The zero-order valence-electron chi connectivity index (χ0n) is 6.90. The SMILES string of the molecule is N[C@@H](Cc1ccc(F)cc1)C(=O)S. The van der Waals surface area contributed by atoms with Crippen LogP contribution in [-0.4, -0.2) is 11.2 Å². The Balaban J connectivity index is 2.64. The standard InChI is InChI=1S/C9H10FNOS/c10-7-3-1-6(2-4-7)5-8(11)9(12)13/h1-4,8H,5,11H2,(H,12,13)/t8-/m0/s1. The van der Waals surface area contributed by atoms with Crippen molar-refractivity contribution in [1.82, 2.24) is 0 Å². The highest BCUT2D eigenvalue weighted by Crippen LogP contribution is 2.05. The number of carbonyl (C=O) groups is 1. The zero-order valence-corrected chi connectivity index (χ0v) is 7.80. The van der Waals surface area contributed by atoms with E-state index in [-0.39, 0.29) is 10.9 Å². The maximum Gasteiger partial charge on any atom is 0.202 e. The van der Waals surface area contributed by atoms with Crippen molar-refractivity contribution in [2.75, 3.05) is 0 Å². The maximum absolute atomic E-state index is 12.5. The summed E-state index contributed by atoms with van der Waals surface area (Å²) >= 11 is 3.61. The van der Waals surface area contributed by atoms with Crippen LogP contribution in [0, 0.1) is 5.82 Å². The van der Waals surface area contributed by atoms with Crippen LogP contribution in [0.4, 0.5) is 4.39 Å². The number of thiol groups is 1. The Labute approximate surface area is 81.3 Å². The third-order valence-corrected chi connectivity index (χ3v) is 2.02. The Kier molecular flexibility index (Phi) is 3.45. The lowest BCUT2D eigenvalue weighted by molar-refractivity contribution is -0.111. The topological polar surface area (TPSA) is 43.1 Å². The molecule has 13 heavy (non-hydrogen) atoms. The van der Waals surface area contributed by atoms with Crippen LogP contribution in [0.5, 0.6) is 0 Å². The molecule has 0 spiro atoms. The van der Waals surface area contributed by atoms with E-state index >= 15 is 0 Å². The van der Waals surface area contributed by atoms with Crippen molar-refractivity contribution in [3.63, 3.8) is 0 Å². The average molecular weight is 199 g/mol. The molecular weight excluding hydrogens is 189 g/mol. The first-order valence-corrected chi connectivity index (χ1v) is 4.27. The van der Waals surface area contributed by atoms with Crippen LogP contribution in [0.15, 0.2) is 24.3 Å². The van der Waals surface area contributed by atoms with Gasteiger partial charge in [0.25, 0.3) is 0 Å². The lowest BCUT2D eigenvalue weighted by Crippen LogP contribution is -2.29. The van der Waals surface area contributed by atoms with Crippen molar-refractivity contribution in [3.05, 3.63) is 35.6 Å². The van der Waals surface area contributed by atoms with E-state index in [1.165, 1.54) is 12.1 Å². The van der Waals surface area contributed by atoms with E-state index in [1.54, 1.807) is 12.1 Å². The highest BCUT2D eigenvalue weighted by Gasteiger charge is 2.09. The molecule has 0 unspecified atom stereocenters. The summed E-state index contributed by atoms with van der Waals surface area (Å²) in [6.07, 6.45) is 0.391. The molecule has 0 aromatic heterocycles. The molecule has 0 radical (unpaired) electrons. The highest BCUT2D eigenvalue weighted by atomic mass is 32.1. The molecule has 1 atom stereocenters. The Hall–Kier alpha value is -0.870. The van der Waals surface area contributed by atoms with Gasteiger partial charge in [-0.3, -0.25) is 4.79 Å². The third kappa shape index (κ3) is 3.16. The monoisotopic (exact) mass is 199 g/mol. The molecule has 0 aliphatic rings. The van der Waals surface area contributed by atoms with Gasteiger partial charge in [0.15, 0.2) is 0 Å². The summed E-state index contributed by atoms with van der Waals surface area (Å²) < 4.78 is 12.5.